The molecule has 9 heteroatoms. The fourth-order valence-corrected chi connectivity index (χ4v) is 3.02. The van der Waals surface area contributed by atoms with Gasteiger partial charge in [0, 0.05) is 0 Å². The molecule has 3 aliphatic rings. The van der Waals surface area contributed by atoms with Crippen molar-refractivity contribution in [3.8, 4) is 0 Å². The van der Waals surface area contributed by atoms with Gasteiger partial charge < -0.3 is 15.4 Å². The second-order valence-electron chi connectivity index (χ2n) is 5.75. The van der Waals surface area contributed by atoms with Crippen molar-refractivity contribution in [3.63, 3.8) is 0 Å². The highest BCUT2D eigenvalue weighted by molar-refractivity contribution is 5.91. The molecule has 3 rings (SSSR count). The Bertz CT molecular complexity index is 577. The number of hydrogen-bond acceptors (Lipinski definition) is 5. The fraction of sp³-hybridized carbons (Fsp3) is 0.643. The molecule has 126 valence electrons. The van der Waals surface area contributed by atoms with Gasteiger partial charge in [-0.3, -0.25) is 4.79 Å². The number of primary amides is 1. The monoisotopic (exact) mass is 327 g/mol. The van der Waals surface area contributed by atoms with E-state index in [0.29, 0.717) is 0 Å². The maximum absolute atomic E-state index is 13.8. The molecule has 2 N–H and O–H groups in total. The Kier molecular flexibility index (Phi) is 3.97. The summed E-state index contributed by atoms with van der Waals surface area (Å²) in [5.74, 6) is -1.61. The summed E-state index contributed by atoms with van der Waals surface area (Å²) < 4.78 is 18.3. The molecule has 2 heterocycles. The normalized spacial score (nSPS) is 27.7. The molecule has 2 aliphatic heterocycles. The minimum Gasteiger partial charge on any atom is -0.462 e. The van der Waals surface area contributed by atoms with Gasteiger partial charge in [-0.2, -0.15) is 5.06 Å². The molecule has 0 aromatic rings. The summed E-state index contributed by atoms with van der Waals surface area (Å²) in [6.07, 6.45) is 1.19. The largest absolute Gasteiger partial charge is 0.462 e. The summed E-state index contributed by atoms with van der Waals surface area (Å²) in [4.78, 5) is 41.5. The zero-order valence-electron chi connectivity index (χ0n) is 12.6. The van der Waals surface area contributed by atoms with Gasteiger partial charge in [0.2, 0.25) is 5.91 Å². The van der Waals surface area contributed by atoms with Gasteiger partial charge in [0.1, 0.15) is 6.04 Å². The van der Waals surface area contributed by atoms with Crippen LogP contribution in [0.2, 0.25) is 0 Å². The smallest absolute Gasteiger partial charge is 0.370 e. The molecule has 0 unspecified atom stereocenters. The summed E-state index contributed by atoms with van der Waals surface area (Å²) >= 11 is 0. The van der Waals surface area contributed by atoms with Crippen LogP contribution in [0.15, 0.2) is 11.6 Å². The third-order valence-corrected chi connectivity index (χ3v) is 4.13. The van der Waals surface area contributed by atoms with Crippen molar-refractivity contribution in [2.24, 2.45) is 11.7 Å². The molecule has 1 aliphatic carbocycles. The van der Waals surface area contributed by atoms with E-state index in [1.54, 1.807) is 6.08 Å². The summed E-state index contributed by atoms with van der Waals surface area (Å²) in [5, 5.41) is 0.785. The lowest BCUT2D eigenvalue weighted by Gasteiger charge is -2.29. The number of carbonyl (C=O) groups is 3. The first-order valence-electron chi connectivity index (χ1n) is 7.52. The molecule has 2 bridgehead atoms. The number of hydroxylamine groups is 2. The van der Waals surface area contributed by atoms with Crippen molar-refractivity contribution in [1.29, 1.82) is 0 Å². The number of esters is 1. The molecule has 3 amide bonds. The standard InChI is InChI=1S/C14H18FN3O5/c1-2-22-13(20)11(15)23-18-8-5-9(7-3-4-7)10(12(16)19)17(6-8)14(18)21/h5,7-8,10-11H,2-4,6H2,1H3,(H2,16,19)/t8-,10-,11-/m0/s1. The Morgan fingerprint density at radius 2 is 2.17 bits per heavy atom. The van der Waals surface area contributed by atoms with Crippen LogP contribution in [0.1, 0.15) is 19.8 Å². The first kappa shape index (κ1) is 15.7. The number of nitrogens with two attached hydrogens (primary N) is 1. The molecule has 2 fully saturated rings. The van der Waals surface area contributed by atoms with Crippen molar-refractivity contribution in [1.82, 2.24) is 9.96 Å². The van der Waals surface area contributed by atoms with Gasteiger partial charge in [0.05, 0.1) is 19.2 Å². The van der Waals surface area contributed by atoms with Crippen LogP contribution in [0, 0.1) is 5.92 Å². The predicted molar refractivity (Wildman–Crippen MR) is 74.1 cm³/mol. The van der Waals surface area contributed by atoms with E-state index >= 15 is 0 Å². The summed E-state index contributed by atoms with van der Waals surface area (Å²) in [6, 6.07) is -2.07. The van der Waals surface area contributed by atoms with E-state index in [1.165, 1.54) is 11.8 Å². The number of fused-ring (bicyclic) bond motifs is 2. The molecule has 1 saturated carbocycles. The molecule has 0 radical (unpaired) electrons. The number of nitrogens with zero attached hydrogens (tertiary/aromatic N) is 2. The van der Waals surface area contributed by atoms with E-state index in [-0.39, 0.29) is 19.1 Å². The van der Waals surface area contributed by atoms with E-state index in [0.717, 1.165) is 23.5 Å². The predicted octanol–water partition coefficient (Wildman–Crippen LogP) is 0.0868. The van der Waals surface area contributed by atoms with Crippen LogP contribution in [0.4, 0.5) is 9.18 Å². The lowest BCUT2D eigenvalue weighted by Crippen LogP contribution is -2.49. The van der Waals surface area contributed by atoms with Gasteiger partial charge >= 0.3 is 18.4 Å². The lowest BCUT2D eigenvalue weighted by atomic mass is 9.95. The number of hydrogen-bond donors (Lipinski definition) is 1. The van der Waals surface area contributed by atoms with Crippen LogP contribution in [-0.2, 0) is 19.2 Å². The number of urea groups is 1. The zero-order chi connectivity index (χ0) is 16.7. The van der Waals surface area contributed by atoms with Crippen molar-refractivity contribution >= 4 is 17.9 Å². The molecule has 23 heavy (non-hydrogen) atoms. The minimum atomic E-state index is -2.40. The van der Waals surface area contributed by atoms with Gasteiger partial charge in [0.25, 0.3) is 0 Å². The Hall–Kier alpha value is -2.16. The third kappa shape index (κ3) is 2.76. The highest BCUT2D eigenvalue weighted by Gasteiger charge is 2.51. The van der Waals surface area contributed by atoms with Gasteiger partial charge in [-0.25, -0.2) is 18.8 Å². The van der Waals surface area contributed by atoms with Crippen molar-refractivity contribution in [2.75, 3.05) is 13.2 Å². The quantitative estimate of drug-likeness (QED) is 0.550. The summed E-state index contributed by atoms with van der Waals surface area (Å²) in [6.45, 7) is 1.70. The van der Waals surface area contributed by atoms with Crippen LogP contribution < -0.4 is 5.73 Å². The topological polar surface area (TPSA) is 102 Å². The highest BCUT2D eigenvalue weighted by Crippen LogP contribution is 2.43. The van der Waals surface area contributed by atoms with Crippen LogP contribution >= 0.6 is 0 Å². The lowest BCUT2D eigenvalue weighted by molar-refractivity contribution is -0.223. The van der Waals surface area contributed by atoms with Gasteiger partial charge in [-0.1, -0.05) is 6.08 Å². The van der Waals surface area contributed by atoms with E-state index in [9.17, 15) is 18.8 Å². The molecular weight excluding hydrogens is 309 g/mol. The Morgan fingerprint density at radius 3 is 2.74 bits per heavy atom. The van der Waals surface area contributed by atoms with Crippen LogP contribution in [-0.4, -0.2) is 59.5 Å². The first-order chi connectivity index (χ1) is 10.9. The molecule has 3 atom stereocenters. The van der Waals surface area contributed by atoms with Crippen molar-refractivity contribution in [2.45, 2.75) is 38.2 Å². The molecular formula is C14H18FN3O5. The molecule has 0 spiro atoms. The number of halogens is 1. The average Bonchev–Trinajstić information content (AvgIpc) is 3.32. The van der Waals surface area contributed by atoms with Gasteiger partial charge in [0.15, 0.2) is 0 Å². The van der Waals surface area contributed by atoms with E-state index in [2.05, 4.69) is 4.74 Å². The molecule has 0 aromatic carbocycles. The maximum Gasteiger partial charge on any atom is 0.370 e. The number of carbonyl (C=O) groups excluding carboxylic acids is 3. The zero-order valence-corrected chi connectivity index (χ0v) is 12.6. The number of rotatable bonds is 6. The third-order valence-electron chi connectivity index (χ3n) is 4.13. The minimum absolute atomic E-state index is 0.00158. The molecule has 8 nitrogen and oxygen atoms in total. The van der Waals surface area contributed by atoms with Crippen LogP contribution in [0.25, 0.3) is 0 Å². The SMILES string of the molecule is CCOC(=O)[C@@H](F)ON1C(=O)N2C[C@@H]1C=C(C1CC1)[C@H]2C(N)=O. The second-order valence-corrected chi connectivity index (χ2v) is 5.75. The Balaban J connectivity index is 1.79. The fourth-order valence-electron chi connectivity index (χ4n) is 3.02. The maximum atomic E-state index is 13.8. The number of ether oxygens (including phenoxy) is 1. The van der Waals surface area contributed by atoms with Crippen LogP contribution in [0.3, 0.4) is 0 Å². The van der Waals surface area contributed by atoms with Crippen molar-refractivity contribution < 1.29 is 28.3 Å². The average molecular weight is 327 g/mol. The van der Waals surface area contributed by atoms with E-state index in [4.69, 9.17) is 10.6 Å². The summed E-state index contributed by atoms with van der Waals surface area (Å²) in [5.41, 5.74) is 6.20. The number of amides is 3. The van der Waals surface area contributed by atoms with Crippen molar-refractivity contribution in [3.05, 3.63) is 11.6 Å². The summed E-state index contributed by atoms with van der Waals surface area (Å²) in [7, 11) is 0. The first-order valence-corrected chi connectivity index (χ1v) is 7.52. The molecule has 0 aromatic heterocycles. The van der Waals surface area contributed by atoms with Gasteiger partial charge in [-0.15, -0.1) is 0 Å². The number of alkyl halides is 1. The molecule has 1 saturated heterocycles. The van der Waals surface area contributed by atoms with E-state index < -0.39 is 36.3 Å². The van der Waals surface area contributed by atoms with E-state index in [1.807, 2.05) is 0 Å². The Morgan fingerprint density at radius 1 is 1.48 bits per heavy atom. The highest BCUT2D eigenvalue weighted by atomic mass is 19.1. The van der Waals surface area contributed by atoms with Gasteiger partial charge in [-0.05, 0) is 31.3 Å². The van der Waals surface area contributed by atoms with Crippen LogP contribution in [0.5, 0.6) is 0 Å². The Labute approximate surface area is 131 Å². The second kappa shape index (κ2) is 5.80.